The van der Waals surface area contributed by atoms with Crippen molar-refractivity contribution in [1.82, 2.24) is 14.9 Å². The fourth-order valence-corrected chi connectivity index (χ4v) is 3.87. The molecule has 7 heteroatoms. The quantitative estimate of drug-likeness (QED) is 0.886. The third kappa shape index (κ3) is 4.35. The van der Waals surface area contributed by atoms with Crippen molar-refractivity contribution in [3.63, 3.8) is 0 Å². The van der Waals surface area contributed by atoms with Gasteiger partial charge in [-0.1, -0.05) is 12.1 Å². The lowest BCUT2D eigenvalue weighted by atomic mass is 10.1. The number of piperazine rings is 1. The number of carbonyl (C=O) groups is 1. The van der Waals surface area contributed by atoms with E-state index in [2.05, 4.69) is 31.2 Å². The third-order valence-electron chi connectivity index (χ3n) is 5.48. The van der Waals surface area contributed by atoms with Crippen LogP contribution in [-0.2, 0) is 0 Å². The molecule has 28 heavy (non-hydrogen) atoms. The number of hydrogen-bond donors (Lipinski definition) is 1. The number of hydrogen-bond acceptors (Lipinski definition) is 5. The molecule has 3 heterocycles. The second kappa shape index (κ2) is 8.46. The Labute approximate surface area is 166 Å². The van der Waals surface area contributed by atoms with E-state index in [1.807, 2.05) is 36.1 Å². The fourth-order valence-electron chi connectivity index (χ4n) is 3.87. The average Bonchev–Trinajstić information content (AvgIpc) is 2.75. The number of amides is 2. The SMILES string of the molecule is Cc1cccc(NC(=O)N2CCN(c3cc(N4CCCCC4)ncn3)CC2)c1. The first-order chi connectivity index (χ1) is 13.7. The number of rotatable bonds is 3. The molecule has 2 amide bonds. The van der Waals surface area contributed by atoms with Gasteiger partial charge >= 0.3 is 6.03 Å². The molecule has 0 atom stereocenters. The Morgan fingerprint density at radius 2 is 1.57 bits per heavy atom. The summed E-state index contributed by atoms with van der Waals surface area (Å²) in [6, 6.07) is 9.93. The first-order valence-electron chi connectivity index (χ1n) is 10.1. The Morgan fingerprint density at radius 3 is 2.25 bits per heavy atom. The molecular formula is C21H28N6O. The molecule has 4 rings (SSSR count). The minimum absolute atomic E-state index is 0.0399. The summed E-state index contributed by atoms with van der Waals surface area (Å²) in [4.78, 5) is 27.9. The van der Waals surface area contributed by atoms with E-state index in [-0.39, 0.29) is 6.03 Å². The Balaban J connectivity index is 1.34. The maximum atomic E-state index is 12.5. The molecule has 2 aliphatic rings. The van der Waals surface area contributed by atoms with Crippen LogP contribution in [0, 0.1) is 6.92 Å². The van der Waals surface area contributed by atoms with Crippen LogP contribution in [0.2, 0.25) is 0 Å². The highest BCUT2D eigenvalue weighted by molar-refractivity contribution is 5.89. The van der Waals surface area contributed by atoms with Crippen LogP contribution in [0.25, 0.3) is 0 Å². The van der Waals surface area contributed by atoms with Crippen molar-refractivity contribution in [1.29, 1.82) is 0 Å². The summed E-state index contributed by atoms with van der Waals surface area (Å²) < 4.78 is 0. The van der Waals surface area contributed by atoms with E-state index < -0.39 is 0 Å². The highest BCUT2D eigenvalue weighted by Gasteiger charge is 2.23. The van der Waals surface area contributed by atoms with Crippen LogP contribution in [0.15, 0.2) is 36.7 Å². The zero-order chi connectivity index (χ0) is 19.3. The van der Waals surface area contributed by atoms with Crippen LogP contribution < -0.4 is 15.1 Å². The van der Waals surface area contributed by atoms with Crippen molar-refractivity contribution in [3.05, 3.63) is 42.2 Å². The number of urea groups is 1. The highest BCUT2D eigenvalue weighted by Crippen LogP contribution is 2.22. The molecule has 2 fully saturated rings. The molecule has 148 valence electrons. The molecule has 0 bridgehead atoms. The largest absolute Gasteiger partial charge is 0.356 e. The Kier molecular flexibility index (Phi) is 5.60. The predicted molar refractivity (Wildman–Crippen MR) is 112 cm³/mol. The molecule has 0 saturated carbocycles. The van der Waals surface area contributed by atoms with Gasteiger partial charge in [0.15, 0.2) is 0 Å². The zero-order valence-electron chi connectivity index (χ0n) is 16.5. The molecule has 7 nitrogen and oxygen atoms in total. The summed E-state index contributed by atoms with van der Waals surface area (Å²) in [7, 11) is 0. The molecule has 1 aromatic heterocycles. The molecule has 0 radical (unpaired) electrons. The van der Waals surface area contributed by atoms with Gasteiger partial charge < -0.3 is 20.0 Å². The van der Waals surface area contributed by atoms with Gasteiger partial charge in [-0.3, -0.25) is 0 Å². The van der Waals surface area contributed by atoms with Crippen LogP contribution >= 0.6 is 0 Å². The maximum Gasteiger partial charge on any atom is 0.321 e. The summed E-state index contributed by atoms with van der Waals surface area (Å²) in [5, 5.41) is 3.00. The molecular weight excluding hydrogens is 352 g/mol. The maximum absolute atomic E-state index is 12.5. The lowest BCUT2D eigenvalue weighted by Crippen LogP contribution is -2.50. The highest BCUT2D eigenvalue weighted by atomic mass is 16.2. The van der Waals surface area contributed by atoms with Gasteiger partial charge in [0, 0.05) is 51.0 Å². The number of piperidine rings is 1. The van der Waals surface area contributed by atoms with E-state index in [0.29, 0.717) is 13.1 Å². The number of carbonyl (C=O) groups excluding carboxylic acids is 1. The van der Waals surface area contributed by atoms with Crippen molar-refractivity contribution in [2.75, 3.05) is 54.4 Å². The molecule has 2 aromatic rings. The first-order valence-corrected chi connectivity index (χ1v) is 10.1. The number of aryl methyl sites for hydroxylation is 1. The predicted octanol–water partition coefficient (Wildman–Crippen LogP) is 3.13. The molecule has 0 spiro atoms. The van der Waals surface area contributed by atoms with E-state index in [1.165, 1.54) is 19.3 Å². The topological polar surface area (TPSA) is 64.6 Å². The van der Waals surface area contributed by atoms with Gasteiger partial charge in [0.2, 0.25) is 0 Å². The number of nitrogens with one attached hydrogen (secondary N) is 1. The van der Waals surface area contributed by atoms with Crippen molar-refractivity contribution < 1.29 is 4.79 Å². The normalized spacial score (nSPS) is 17.5. The minimum atomic E-state index is -0.0399. The van der Waals surface area contributed by atoms with Crippen molar-refractivity contribution in [2.45, 2.75) is 26.2 Å². The first kappa shape index (κ1) is 18.5. The van der Waals surface area contributed by atoms with Gasteiger partial charge in [0.25, 0.3) is 0 Å². The number of anilines is 3. The Hall–Kier alpha value is -2.83. The van der Waals surface area contributed by atoms with Crippen molar-refractivity contribution in [3.8, 4) is 0 Å². The van der Waals surface area contributed by atoms with Crippen LogP contribution in [0.1, 0.15) is 24.8 Å². The summed E-state index contributed by atoms with van der Waals surface area (Å²) in [6.07, 6.45) is 5.43. The minimum Gasteiger partial charge on any atom is -0.356 e. The molecule has 2 saturated heterocycles. The molecule has 1 aromatic carbocycles. The van der Waals surface area contributed by atoms with Crippen molar-refractivity contribution >= 4 is 23.4 Å². The van der Waals surface area contributed by atoms with Gasteiger partial charge in [0.05, 0.1) is 0 Å². The van der Waals surface area contributed by atoms with E-state index >= 15 is 0 Å². The lowest BCUT2D eigenvalue weighted by molar-refractivity contribution is 0.208. The zero-order valence-corrected chi connectivity index (χ0v) is 16.5. The van der Waals surface area contributed by atoms with Gasteiger partial charge in [0.1, 0.15) is 18.0 Å². The van der Waals surface area contributed by atoms with Crippen molar-refractivity contribution in [2.24, 2.45) is 0 Å². The van der Waals surface area contributed by atoms with Gasteiger partial charge in [-0.05, 0) is 43.9 Å². The summed E-state index contributed by atoms with van der Waals surface area (Å²) >= 11 is 0. The van der Waals surface area contributed by atoms with E-state index in [4.69, 9.17) is 0 Å². The number of nitrogens with zero attached hydrogens (tertiary/aromatic N) is 5. The van der Waals surface area contributed by atoms with Crippen LogP contribution in [-0.4, -0.2) is 60.2 Å². The van der Waals surface area contributed by atoms with Crippen LogP contribution in [0.3, 0.4) is 0 Å². The molecule has 1 N–H and O–H groups in total. The standard InChI is InChI=1S/C21H28N6O/c1-17-6-5-7-18(14-17)24-21(28)27-12-10-26(11-13-27)20-15-19(22-16-23-20)25-8-3-2-4-9-25/h5-7,14-16H,2-4,8-13H2,1H3,(H,24,28). The number of aromatic nitrogens is 2. The van der Waals surface area contributed by atoms with Crippen LogP contribution in [0.4, 0.5) is 22.1 Å². The molecule has 2 aliphatic heterocycles. The monoisotopic (exact) mass is 380 g/mol. The van der Waals surface area contributed by atoms with Gasteiger partial charge in [-0.2, -0.15) is 0 Å². The Bertz CT molecular complexity index is 812. The second-order valence-corrected chi connectivity index (χ2v) is 7.56. The van der Waals surface area contributed by atoms with E-state index in [1.54, 1.807) is 6.33 Å². The summed E-state index contributed by atoms with van der Waals surface area (Å²) in [5.41, 5.74) is 1.98. The van der Waals surface area contributed by atoms with E-state index in [9.17, 15) is 4.79 Å². The smallest absolute Gasteiger partial charge is 0.321 e. The van der Waals surface area contributed by atoms with Gasteiger partial charge in [-0.15, -0.1) is 0 Å². The van der Waals surface area contributed by atoms with Crippen LogP contribution in [0.5, 0.6) is 0 Å². The van der Waals surface area contributed by atoms with Gasteiger partial charge in [-0.25, -0.2) is 14.8 Å². The number of benzene rings is 1. The average molecular weight is 380 g/mol. The molecule has 0 unspecified atom stereocenters. The fraction of sp³-hybridized carbons (Fsp3) is 0.476. The molecule has 0 aliphatic carbocycles. The Morgan fingerprint density at radius 1 is 0.893 bits per heavy atom. The second-order valence-electron chi connectivity index (χ2n) is 7.56. The third-order valence-corrected chi connectivity index (χ3v) is 5.48. The van der Waals surface area contributed by atoms with E-state index in [0.717, 1.165) is 49.1 Å². The summed E-state index contributed by atoms with van der Waals surface area (Å²) in [5.74, 6) is 1.97. The lowest BCUT2D eigenvalue weighted by Gasteiger charge is -2.36. The summed E-state index contributed by atoms with van der Waals surface area (Å²) in [6.45, 7) is 7.08.